The highest BCUT2D eigenvalue weighted by Crippen LogP contribution is 2.35. The van der Waals surface area contributed by atoms with E-state index >= 15 is 0 Å². The molecule has 0 aliphatic carbocycles. The predicted molar refractivity (Wildman–Crippen MR) is 95.2 cm³/mol. The van der Waals surface area contributed by atoms with Crippen LogP contribution in [0.1, 0.15) is 34.3 Å². The van der Waals surface area contributed by atoms with Crippen LogP contribution in [-0.2, 0) is 9.53 Å². The van der Waals surface area contributed by atoms with Gasteiger partial charge in [-0.2, -0.15) is 0 Å². The summed E-state index contributed by atoms with van der Waals surface area (Å²) in [6.45, 7) is 2.57. The summed E-state index contributed by atoms with van der Waals surface area (Å²) in [5.74, 6) is 0.398. The van der Waals surface area contributed by atoms with Crippen LogP contribution in [0.2, 0.25) is 0 Å². The standard InChI is InChI=1S/C21H18O5/c1-13-4-2-5-14(10-13)11-19-20(22)16-8-7-15(12-18(16)26-19)25-21(23)17-6-3-9-24-17/h2,4-5,7-8,10-12,17H,3,6,9H2,1H3/b19-11-. The molecule has 0 aromatic heterocycles. The number of esters is 1. The minimum absolute atomic E-state index is 0.182. The first-order valence-corrected chi connectivity index (χ1v) is 8.58. The monoisotopic (exact) mass is 350 g/mol. The molecule has 5 heteroatoms. The third-order valence-corrected chi connectivity index (χ3v) is 4.39. The molecular formula is C21H18O5. The van der Waals surface area contributed by atoms with Crippen molar-refractivity contribution < 1.29 is 23.8 Å². The predicted octanol–water partition coefficient (Wildman–Crippen LogP) is 3.70. The summed E-state index contributed by atoms with van der Waals surface area (Å²) in [7, 11) is 0. The normalized spacial score (nSPS) is 20.1. The summed E-state index contributed by atoms with van der Waals surface area (Å²) >= 11 is 0. The van der Waals surface area contributed by atoms with Crippen LogP contribution >= 0.6 is 0 Å². The van der Waals surface area contributed by atoms with Gasteiger partial charge >= 0.3 is 5.97 Å². The summed E-state index contributed by atoms with van der Waals surface area (Å²) in [5.41, 5.74) is 2.46. The average molecular weight is 350 g/mol. The summed E-state index contributed by atoms with van der Waals surface area (Å²) in [4.78, 5) is 24.6. The number of fused-ring (bicyclic) bond motifs is 1. The van der Waals surface area contributed by atoms with Gasteiger partial charge in [0.2, 0.25) is 5.78 Å². The van der Waals surface area contributed by atoms with Gasteiger partial charge in [0.25, 0.3) is 0 Å². The van der Waals surface area contributed by atoms with Crippen LogP contribution < -0.4 is 9.47 Å². The second kappa shape index (κ2) is 6.77. The zero-order valence-electron chi connectivity index (χ0n) is 14.4. The minimum atomic E-state index is -0.511. The molecule has 1 atom stereocenters. The molecule has 1 saturated heterocycles. The first-order chi connectivity index (χ1) is 12.6. The summed E-state index contributed by atoms with van der Waals surface area (Å²) < 4.78 is 16.4. The van der Waals surface area contributed by atoms with Crippen molar-refractivity contribution in [3.63, 3.8) is 0 Å². The molecule has 0 saturated carbocycles. The van der Waals surface area contributed by atoms with Crippen LogP contribution in [0.15, 0.2) is 48.2 Å². The fourth-order valence-electron chi connectivity index (χ4n) is 3.09. The highest BCUT2D eigenvalue weighted by molar-refractivity contribution is 6.14. The number of Topliss-reactive ketones (excluding diaryl/α,β-unsaturated/α-hetero) is 1. The SMILES string of the molecule is Cc1cccc(/C=C2\Oc3cc(OC(=O)C4CCCO4)ccc3C2=O)c1. The second-order valence-corrected chi connectivity index (χ2v) is 6.43. The van der Waals surface area contributed by atoms with E-state index in [0.717, 1.165) is 17.5 Å². The van der Waals surface area contributed by atoms with Crippen molar-refractivity contribution in [3.8, 4) is 11.5 Å². The van der Waals surface area contributed by atoms with Gasteiger partial charge in [0.15, 0.2) is 11.9 Å². The Kier molecular flexibility index (Phi) is 4.31. The Hall–Kier alpha value is -2.92. The van der Waals surface area contributed by atoms with Gasteiger partial charge in [-0.15, -0.1) is 0 Å². The fourth-order valence-corrected chi connectivity index (χ4v) is 3.09. The molecule has 2 aromatic rings. The van der Waals surface area contributed by atoms with E-state index in [9.17, 15) is 9.59 Å². The maximum atomic E-state index is 12.5. The topological polar surface area (TPSA) is 61.8 Å². The van der Waals surface area contributed by atoms with E-state index in [-0.39, 0.29) is 11.5 Å². The van der Waals surface area contributed by atoms with E-state index in [0.29, 0.717) is 30.1 Å². The maximum Gasteiger partial charge on any atom is 0.340 e. The smallest absolute Gasteiger partial charge is 0.340 e. The van der Waals surface area contributed by atoms with Gasteiger partial charge in [-0.25, -0.2) is 4.79 Å². The molecule has 0 bridgehead atoms. The molecule has 4 rings (SSSR count). The van der Waals surface area contributed by atoms with Crippen molar-refractivity contribution in [2.45, 2.75) is 25.9 Å². The number of ether oxygens (including phenoxy) is 3. The lowest BCUT2D eigenvalue weighted by molar-refractivity contribution is -0.144. The molecule has 2 aliphatic rings. The zero-order chi connectivity index (χ0) is 18.1. The Morgan fingerprint density at radius 1 is 1.23 bits per heavy atom. The largest absolute Gasteiger partial charge is 0.452 e. The van der Waals surface area contributed by atoms with Crippen LogP contribution in [0.25, 0.3) is 6.08 Å². The van der Waals surface area contributed by atoms with E-state index in [2.05, 4.69) is 0 Å². The van der Waals surface area contributed by atoms with Crippen LogP contribution in [0.3, 0.4) is 0 Å². The van der Waals surface area contributed by atoms with Gasteiger partial charge in [-0.3, -0.25) is 4.79 Å². The Morgan fingerprint density at radius 2 is 2.12 bits per heavy atom. The number of carbonyl (C=O) groups excluding carboxylic acids is 2. The highest BCUT2D eigenvalue weighted by atomic mass is 16.6. The molecule has 26 heavy (non-hydrogen) atoms. The number of benzene rings is 2. The molecule has 1 fully saturated rings. The van der Waals surface area contributed by atoms with Crippen molar-refractivity contribution in [2.24, 2.45) is 0 Å². The number of hydrogen-bond acceptors (Lipinski definition) is 5. The van der Waals surface area contributed by atoms with E-state index in [1.165, 1.54) is 0 Å². The van der Waals surface area contributed by atoms with Crippen LogP contribution in [0.5, 0.6) is 11.5 Å². The molecule has 132 valence electrons. The van der Waals surface area contributed by atoms with E-state index in [4.69, 9.17) is 14.2 Å². The zero-order valence-corrected chi connectivity index (χ0v) is 14.4. The van der Waals surface area contributed by atoms with E-state index < -0.39 is 12.1 Å². The first kappa shape index (κ1) is 16.5. The average Bonchev–Trinajstić information content (AvgIpc) is 3.24. The van der Waals surface area contributed by atoms with E-state index in [1.807, 2.05) is 31.2 Å². The summed E-state index contributed by atoms with van der Waals surface area (Å²) in [6, 6.07) is 12.6. The number of aryl methyl sites for hydroxylation is 1. The minimum Gasteiger partial charge on any atom is -0.452 e. The molecular weight excluding hydrogens is 332 g/mol. The first-order valence-electron chi connectivity index (χ1n) is 8.58. The van der Waals surface area contributed by atoms with Gasteiger partial charge in [0.1, 0.15) is 11.5 Å². The van der Waals surface area contributed by atoms with E-state index in [1.54, 1.807) is 24.3 Å². The quantitative estimate of drug-likeness (QED) is 0.480. The number of hydrogen-bond donors (Lipinski definition) is 0. The fraction of sp³-hybridized carbons (Fsp3) is 0.238. The molecule has 1 unspecified atom stereocenters. The van der Waals surface area contributed by atoms with Gasteiger partial charge in [-0.1, -0.05) is 29.8 Å². The lowest BCUT2D eigenvalue weighted by Crippen LogP contribution is -2.24. The maximum absolute atomic E-state index is 12.5. The molecule has 2 aromatic carbocycles. The molecule has 0 amide bonds. The molecule has 0 N–H and O–H groups in total. The third kappa shape index (κ3) is 3.26. The molecule has 2 heterocycles. The Labute approximate surface area is 151 Å². The Balaban J connectivity index is 1.53. The van der Waals surface area contributed by atoms with Crippen LogP contribution in [-0.4, -0.2) is 24.5 Å². The summed E-state index contributed by atoms with van der Waals surface area (Å²) in [5, 5.41) is 0. The Bertz CT molecular complexity index is 906. The highest BCUT2D eigenvalue weighted by Gasteiger charge is 2.29. The van der Waals surface area contributed by atoms with Crippen LogP contribution in [0, 0.1) is 6.92 Å². The van der Waals surface area contributed by atoms with Crippen molar-refractivity contribution in [1.29, 1.82) is 0 Å². The molecule has 5 nitrogen and oxygen atoms in total. The lowest BCUT2D eigenvalue weighted by atomic mass is 10.1. The van der Waals surface area contributed by atoms with Gasteiger partial charge in [0.05, 0.1) is 5.56 Å². The van der Waals surface area contributed by atoms with Gasteiger partial charge in [-0.05, 0) is 43.5 Å². The molecule has 0 radical (unpaired) electrons. The second-order valence-electron chi connectivity index (χ2n) is 6.43. The third-order valence-electron chi connectivity index (χ3n) is 4.39. The van der Waals surface area contributed by atoms with Crippen molar-refractivity contribution in [1.82, 2.24) is 0 Å². The molecule has 0 spiro atoms. The Morgan fingerprint density at radius 3 is 2.88 bits per heavy atom. The van der Waals surface area contributed by atoms with Crippen molar-refractivity contribution >= 4 is 17.8 Å². The van der Waals surface area contributed by atoms with Crippen molar-refractivity contribution in [3.05, 3.63) is 64.9 Å². The lowest BCUT2D eigenvalue weighted by Gasteiger charge is -2.09. The number of ketones is 1. The number of rotatable bonds is 3. The molecule has 2 aliphatic heterocycles. The van der Waals surface area contributed by atoms with Gasteiger partial charge < -0.3 is 14.2 Å². The van der Waals surface area contributed by atoms with Gasteiger partial charge in [0, 0.05) is 12.7 Å². The number of carbonyl (C=O) groups is 2. The van der Waals surface area contributed by atoms with Crippen molar-refractivity contribution in [2.75, 3.05) is 6.61 Å². The van der Waals surface area contributed by atoms with Crippen LogP contribution in [0.4, 0.5) is 0 Å². The summed E-state index contributed by atoms with van der Waals surface area (Å²) in [6.07, 6.45) is 2.73. The number of allylic oxidation sites excluding steroid dienone is 1.